The van der Waals surface area contributed by atoms with E-state index >= 15 is 0 Å². The number of hydrogen-bond donors (Lipinski definition) is 1. The number of nitrogens with one attached hydrogen (secondary N) is 1. The summed E-state index contributed by atoms with van der Waals surface area (Å²) in [4.78, 5) is 9.90. The lowest BCUT2D eigenvalue weighted by atomic mass is 10.2. The molecule has 1 N–H and O–H groups in total. The molecule has 0 spiro atoms. The van der Waals surface area contributed by atoms with E-state index in [0.29, 0.717) is 6.04 Å². The molecule has 0 radical (unpaired) electrons. The zero-order valence-electron chi connectivity index (χ0n) is 8.14. The highest BCUT2D eigenvalue weighted by Crippen LogP contribution is 2.30. The van der Waals surface area contributed by atoms with Crippen LogP contribution in [0.15, 0.2) is 17.1 Å². The van der Waals surface area contributed by atoms with Gasteiger partial charge in [-0.1, -0.05) is 0 Å². The molecular weight excluding hydrogens is 226 g/mol. The van der Waals surface area contributed by atoms with Crippen molar-refractivity contribution in [2.75, 3.05) is 6.54 Å². The molecule has 0 bridgehead atoms. The van der Waals surface area contributed by atoms with Gasteiger partial charge in [0.1, 0.15) is 5.01 Å². The van der Waals surface area contributed by atoms with Gasteiger partial charge in [0.15, 0.2) is 0 Å². The molecule has 1 fully saturated rings. The first-order valence-corrected chi connectivity index (χ1v) is 6.77. The lowest BCUT2D eigenvalue weighted by molar-refractivity contribution is 0.643. The Hall–Kier alpha value is -0.780. The lowest BCUT2D eigenvalue weighted by Gasteiger charge is -2.04. The summed E-state index contributed by atoms with van der Waals surface area (Å²) in [6, 6.07) is 0.483. The van der Waals surface area contributed by atoms with Gasteiger partial charge < -0.3 is 5.32 Å². The van der Waals surface area contributed by atoms with Gasteiger partial charge in [0.25, 0.3) is 0 Å². The molecular formula is C10H11N3S2. The average Bonchev–Trinajstić information content (AvgIpc) is 3.02. The fraction of sp³-hybridized carbons (Fsp3) is 0.400. The van der Waals surface area contributed by atoms with Gasteiger partial charge in [-0.05, 0) is 19.4 Å². The van der Waals surface area contributed by atoms with E-state index in [1.165, 1.54) is 17.8 Å². The predicted octanol–water partition coefficient (Wildman–Crippen LogP) is 2.69. The van der Waals surface area contributed by atoms with Crippen LogP contribution in [0.1, 0.15) is 23.9 Å². The minimum absolute atomic E-state index is 0.483. The smallest absolute Gasteiger partial charge is 0.110 e. The van der Waals surface area contributed by atoms with Crippen LogP contribution in [-0.2, 0) is 0 Å². The molecule has 15 heavy (non-hydrogen) atoms. The number of hydrogen-bond acceptors (Lipinski definition) is 5. The molecule has 1 saturated heterocycles. The molecule has 1 aliphatic rings. The second-order valence-electron chi connectivity index (χ2n) is 3.59. The van der Waals surface area contributed by atoms with Crippen LogP contribution in [-0.4, -0.2) is 16.5 Å². The van der Waals surface area contributed by atoms with E-state index in [9.17, 15) is 0 Å². The summed E-state index contributed by atoms with van der Waals surface area (Å²) in [5.41, 5.74) is 2.92. The van der Waals surface area contributed by atoms with Crippen molar-refractivity contribution in [3.63, 3.8) is 0 Å². The molecule has 3 nitrogen and oxygen atoms in total. The average molecular weight is 237 g/mol. The van der Waals surface area contributed by atoms with E-state index in [4.69, 9.17) is 0 Å². The Labute approximate surface area is 96.2 Å². The summed E-state index contributed by atoms with van der Waals surface area (Å²) in [5, 5.41) is 6.81. The van der Waals surface area contributed by atoms with Gasteiger partial charge in [-0.2, -0.15) is 0 Å². The second-order valence-corrected chi connectivity index (χ2v) is 5.36. The molecule has 0 saturated carbocycles. The van der Waals surface area contributed by atoms with Gasteiger partial charge in [-0.15, -0.1) is 22.7 Å². The molecule has 3 heterocycles. The third-order valence-corrected chi connectivity index (χ3v) is 4.32. The van der Waals surface area contributed by atoms with Crippen LogP contribution in [0.4, 0.5) is 0 Å². The number of rotatable bonds is 2. The largest absolute Gasteiger partial charge is 0.308 e. The molecule has 2 aromatic heterocycles. The molecule has 0 aromatic carbocycles. The molecule has 2 aromatic rings. The number of aromatic nitrogens is 2. The van der Waals surface area contributed by atoms with Crippen molar-refractivity contribution < 1.29 is 0 Å². The molecule has 1 unspecified atom stereocenters. The third kappa shape index (κ3) is 1.82. The van der Waals surface area contributed by atoms with Crippen LogP contribution in [0.3, 0.4) is 0 Å². The van der Waals surface area contributed by atoms with Crippen molar-refractivity contribution >= 4 is 22.7 Å². The van der Waals surface area contributed by atoms with Crippen molar-refractivity contribution in [3.05, 3.63) is 22.1 Å². The van der Waals surface area contributed by atoms with Gasteiger partial charge in [0, 0.05) is 11.6 Å². The standard InChI is InChI=1S/C10H11N3S2/c1-2-7(12-3-1)10-13-8(5-14-10)9-4-11-6-15-9/h4-7,12H,1-3H2. The number of nitrogens with zero attached hydrogens (tertiary/aromatic N) is 2. The van der Waals surface area contributed by atoms with Crippen LogP contribution in [0.2, 0.25) is 0 Å². The topological polar surface area (TPSA) is 37.8 Å². The van der Waals surface area contributed by atoms with E-state index in [1.54, 1.807) is 22.7 Å². The second kappa shape index (κ2) is 4.00. The Morgan fingerprint density at radius 2 is 2.40 bits per heavy atom. The highest BCUT2D eigenvalue weighted by Gasteiger charge is 2.19. The maximum atomic E-state index is 4.66. The van der Waals surface area contributed by atoms with Crippen molar-refractivity contribution in [1.29, 1.82) is 0 Å². The Morgan fingerprint density at radius 1 is 1.40 bits per heavy atom. The van der Waals surface area contributed by atoms with E-state index < -0.39 is 0 Å². The van der Waals surface area contributed by atoms with Gasteiger partial charge in [-0.3, -0.25) is 4.98 Å². The van der Waals surface area contributed by atoms with Crippen LogP contribution < -0.4 is 5.32 Å². The van der Waals surface area contributed by atoms with Crippen molar-refractivity contribution in [3.8, 4) is 10.6 Å². The molecule has 0 aliphatic carbocycles. The summed E-state index contributed by atoms with van der Waals surface area (Å²) in [5.74, 6) is 0. The molecule has 3 rings (SSSR count). The summed E-state index contributed by atoms with van der Waals surface area (Å²) in [7, 11) is 0. The summed E-state index contributed by atoms with van der Waals surface area (Å²) in [6.45, 7) is 1.13. The van der Waals surface area contributed by atoms with Crippen LogP contribution >= 0.6 is 22.7 Å². The Morgan fingerprint density at radius 3 is 3.13 bits per heavy atom. The maximum Gasteiger partial charge on any atom is 0.110 e. The van der Waals surface area contributed by atoms with Crippen molar-refractivity contribution in [2.24, 2.45) is 0 Å². The van der Waals surface area contributed by atoms with E-state index in [0.717, 1.165) is 17.1 Å². The Bertz CT molecular complexity index is 429. The van der Waals surface area contributed by atoms with Gasteiger partial charge >= 0.3 is 0 Å². The van der Waals surface area contributed by atoms with Gasteiger partial charge in [0.05, 0.1) is 22.1 Å². The highest BCUT2D eigenvalue weighted by atomic mass is 32.1. The summed E-state index contributed by atoms with van der Waals surface area (Å²) >= 11 is 3.39. The Balaban J connectivity index is 1.87. The summed E-state index contributed by atoms with van der Waals surface area (Å²) in [6.07, 6.45) is 4.36. The molecule has 78 valence electrons. The third-order valence-electron chi connectivity index (χ3n) is 2.57. The molecule has 1 aliphatic heterocycles. The monoisotopic (exact) mass is 237 g/mol. The van der Waals surface area contributed by atoms with Gasteiger partial charge in [0.2, 0.25) is 0 Å². The van der Waals surface area contributed by atoms with E-state index in [1.807, 2.05) is 11.7 Å². The van der Waals surface area contributed by atoms with Crippen LogP contribution in [0.25, 0.3) is 10.6 Å². The first kappa shape index (κ1) is 9.45. The first-order valence-electron chi connectivity index (χ1n) is 5.01. The molecule has 1 atom stereocenters. The van der Waals surface area contributed by atoms with Crippen molar-refractivity contribution in [2.45, 2.75) is 18.9 Å². The predicted molar refractivity (Wildman–Crippen MR) is 63.2 cm³/mol. The lowest BCUT2D eigenvalue weighted by Crippen LogP contribution is -2.12. The maximum absolute atomic E-state index is 4.66. The molecule has 0 amide bonds. The van der Waals surface area contributed by atoms with Gasteiger partial charge in [-0.25, -0.2) is 4.98 Å². The first-order chi connectivity index (χ1) is 7.43. The minimum atomic E-state index is 0.483. The normalized spacial score (nSPS) is 20.9. The zero-order valence-corrected chi connectivity index (χ0v) is 9.77. The summed E-state index contributed by atoms with van der Waals surface area (Å²) < 4.78 is 0. The highest BCUT2D eigenvalue weighted by molar-refractivity contribution is 7.14. The molecule has 5 heteroatoms. The van der Waals surface area contributed by atoms with E-state index in [2.05, 4.69) is 20.7 Å². The van der Waals surface area contributed by atoms with Crippen LogP contribution in [0.5, 0.6) is 0 Å². The van der Waals surface area contributed by atoms with Crippen LogP contribution in [0, 0.1) is 0 Å². The fourth-order valence-electron chi connectivity index (χ4n) is 1.80. The Kier molecular flexibility index (Phi) is 2.52. The quantitative estimate of drug-likeness (QED) is 0.872. The zero-order chi connectivity index (χ0) is 10.1. The number of thiazole rings is 2. The fourth-order valence-corrected chi connectivity index (χ4v) is 3.38. The minimum Gasteiger partial charge on any atom is -0.308 e. The van der Waals surface area contributed by atoms with Crippen molar-refractivity contribution in [1.82, 2.24) is 15.3 Å². The van der Waals surface area contributed by atoms with E-state index in [-0.39, 0.29) is 0 Å². The SMILES string of the molecule is c1ncc(-c2csc(C3CCCN3)n2)s1.